The summed E-state index contributed by atoms with van der Waals surface area (Å²) in [7, 11) is 0. The highest BCUT2D eigenvalue weighted by Gasteiger charge is 2.30. The predicted molar refractivity (Wildman–Crippen MR) is 61.7 cm³/mol. The summed E-state index contributed by atoms with van der Waals surface area (Å²) in [6, 6.07) is 2.88. The summed E-state index contributed by atoms with van der Waals surface area (Å²) in [5.41, 5.74) is 1.15. The molecule has 0 amide bonds. The molecule has 1 N–H and O–H groups in total. The molecule has 4 heteroatoms. The topological polar surface area (TPSA) is 20.2 Å². The summed E-state index contributed by atoms with van der Waals surface area (Å²) in [6.45, 7) is 2.01. The largest absolute Gasteiger partial charge is 0.387 e. The van der Waals surface area contributed by atoms with Crippen LogP contribution in [-0.4, -0.2) is 10.4 Å². The molecule has 0 saturated heterocycles. The van der Waals surface area contributed by atoms with Gasteiger partial charge in [-0.3, -0.25) is 0 Å². The van der Waals surface area contributed by atoms with Gasteiger partial charge < -0.3 is 5.11 Å². The molecule has 2 rings (SSSR count). The lowest BCUT2D eigenvalue weighted by molar-refractivity contribution is 0.169. The first-order chi connectivity index (χ1) is 7.15. The number of benzene rings is 1. The molecule has 0 bridgehead atoms. The van der Waals surface area contributed by atoms with E-state index in [1.54, 1.807) is 11.8 Å². The summed E-state index contributed by atoms with van der Waals surface area (Å²) in [5.74, 6) is 0.326. The molecule has 0 radical (unpaired) electrons. The van der Waals surface area contributed by atoms with Gasteiger partial charge in [0, 0.05) is 27.2 Å². The third-order valence-corrected chi connectivity index (χ3v) is 4.54. The molecule has 0 aliphatic carbocycles. The molecular weight excluding hydrogens is 235 g/mol. The molecule has 1 aliphatic heterocycles. The Morgan fingerprint density at radius 2 is 2.33 bits per heavy atom. The molecule has 0 aromatic heterocycles. The Balaban J connectivity index is 2.50. The van der Waals surface area contributed by atoms with Crippen molar-refractivity contribution in [3.63, 3.8) is 0 Å². The Hall–Kier alpha value is -0.250. The van der Waals surface area contributed by atoms with E-state index in [0.29, 0.717) is 21.9 Å². The van der Waals surface area contributed by atoms with Crippen LogP contribution < -0.4 is 0 Å². The first kappa shape index (κ1) is 11.2. The van der Waals surface area contributed by atoms with Gasteiger partial charge in [0.05, 0.1) is 6.10 Å². The van der Waals surface area contributed by atoms with E-state index in [-0.39, 0.29) is 11.1 Å². The van der Waals surface area contributed by atoms with E-state index < -0.39 is 6.10 Å². The number of hydrogen-bond acceptors (Lipinski definition) is 2. The van der Waals surface area contributed by atoms with E-state index in [4.69, 9.17) is 11.6 Å². The third kappa shape index (κ3) is 1.88. The summed E-state index contributed by atoms with van der Waals surface area (Å²) >= 11 is 7.58. The van der Waals surface area contributed by atoms with E-state index in [1.807, 2.05) is 6.92 Å². The second kappa shape index (κ2) is 4.32. The van der Waals surface area contributed by atoms with Gasteiger partial charge in [0.2, 0.25) is 0 Å². The summed E-state index contributed by atoms with van der Waals surface area (Å²) in [6.07, 6.45) is 0.213. The highest BCUT2D eigenvalue weighted by atomic mass is 35.5. The van der Waals surface area contributed by atoms with Crippen molar-refractivity contribution in [1.82, 2.24) is 0 Å². The maximum Gasteiger partial charge on any atom is 0.127 e. The zero-order valence-corrected chi connectivity index (χ0v) is 9.91. The molecule has 0 saturated carbocycles. The minimum Gasteiger partial charge on any atom is -0.387 e. The average Bonchev–Trinajstić information content (AvgIpc) is 2.23. The molecule has 1 aliphatic rings. The van der Waals surface area contributed by atoms with Crippen molar-refractivity contribution < 1.29 is 9.50 Å². The summed E-state index contributed by atoms with van der Waals surface area (Å²) in [5, 5.41) is 10.6. The molecule has 1 nitrogen and oxygen atoms in total. The first-order valence-corrected chi connectivity index (χ1v) is 6.34. The number of aliphatic hydroxyl groups is 1. The van der Waals surface area contributed by atoms with Crippen molar-refractivity contribution in [2.75, 3.05) is 0 Å². The predicted octanol–water partition coefficient (Wildman–Crippen LogP) is 3.54. The van der Waals surface area contributed by atoms with E-state index in [0.717, 1.165) is 6.42 Å². The van der Waals surface area contributed by atoms with Crippen molar-refractivity contribution >= 4 is 23.4 Å². The van der Waals surface area contributed by atoms with Gasteiger partial charge in [-0.1, -0.05) is 18.5 Å². The molecule has 0 spiro atoms. The van der Waals surface area contributed by atoms with Gasteiger partial charge in [0.25, 0.3) is 0 Å². The van der Waals surface area contributed by atoms with Crippen molar-refractivity contribution in [1.29, 1.82) is 0 Å². The number of halogens is 2. The molecule has 82 valence electrons. The fraction of sp³-hybridized carbons (Fsp3) is 0.455. The molecule has 1 aromatic rings. The lowest BCUT2D eigenvalue weighted by Gasteiger charge is -2.29. The van der Waals surface area contributed by atoms with Crippen molar-refractivity contribution in [3.05, 3.63) is 34.1 Å². The van der Waals surface area contributed by atoms with Crippen molar-refractivity contribution in [2.45, 2.75) is 30.5 Å². The molecule has 1 heterocycles. The standard InChI is InChI=1S/C11H12ClFOS/c1-2-9-11(14)10-6(5-15-9)8(13)4-3-7(10)12/h3-4,9,11,14H,2,5H2,1H3. The smallest absolute Gasteiger partial charge is 0.127 e. The van der Waals surface area contributed by atoms with Gasteiger partial charge in [-0.25, -0.2) is 4.39 Å². The number of aliphatic hydroxyl groups excluding tert-OH is 1. The second-order valence-corrected chi connectivity index (χ2v) is 5.26. The highest BCUT2D eigenvalue weighted by molar-refractivity contribution is 7.99. The Bertz CT molecular complexity index is 383. The van der Waals surface area contributed by atoms with Crippen LogP contribution in [0.3, 0.4) is 0 Å². The Kier molecular flexibility index (Phi) is 3.24. The molecule has 15 heavy (non-hydrogen) atoms. The van der Waals surface area contributed by atoms with E-state index in [2.05, 4.69) is 0 Å². The maximum atomic E-state index is 13.5. The summed E-state index contributed by atoms with van der Waals surface area (Å²) < 4.78 is 13.5. The SMILES string of the molecule is CCC1SCc2c(F)ccc(Cl)c2C1O. The van der Waals surface area contributed by atoms with Crippen LogP contribution in [0.4, 0.5) is 4.39 Å². The van der Waals surface area contributed by atoms with Crippen molar-refractivity contribution in [2.24, 2.45) is 0 Å². The van der Waals surface area contributed by atoms with Gasteiger partial charge in [-0.05, 0) is 18.6 Å². The van der Waals surface area contributed by atoms with E-state index >= 15 is 0 Å². The Morgan fingerprint density at radius 3 is 3.00 bits per heavy atom. The number of hydrogen-bond donors (Lipinski definition) is 1. The van der Waals surface area contributed by atoms with Crippen LogP contribution in [0.5, 0.6) is 0 Å². The monoisotopic (exact) mass is 246 g/mol. The van der Waals surface area contributed by atoms with Gasteiger partial charge in [-0.15, -0.1) is 0 Å². The van der Waals surface area contributed by atoms with Crippen molar-refractivity contribution in [3.8, 4) is 0 Å². The van der Waals surface area contributed by atoms with Crippen LogP contribution >= 0.6 is 23.4 Å². The fourth-order valence-corrected chi connectivity index (χ4v) is 3.40. The first-order valence-electron chi connectivity index (χ1n) is 4.91. The molecule has 2 unspecified atom stereocenters. The zero-order valence-electron chi connectivity index (χ0n) is 8.34. The summed E-state index contributed by atoms with van der Waals surface area (Å²) in [4.78, 5) is 0. The Morgan fingerprint density at radius 1 is 1.60 bits per heavy atom. The minimum atomic E-state index is -0.646. The fourth-order valence-electron chi connectivity index (χ4n) is 1.88. The van der Waals surface area contributed by atoms with Crippen LogP contribution in [-0.2, 0) is 5.75 Å². The number of rotatable bonds is 1. The number of thioether (sulfide) groups is 1. The lowest BCUT2D eigenvalue weighted by Crippen LogP contribution is -2.21. The molecular formula is C11H12ClFOS. The number of fused-ring (bicyclic) bond motifs is 1. The van der Waals surface area contributed by atoms with Crippen LogP contribution in [0.25, 0.3) is 0 Å². The molecule has 2 atom stereocenters. The second-order valence-electron chi connectivity index (χ2n) is 3.62. The maximum absolute atomic E-state index is 13.5. The third-order valence-electron chi connectivity index (χ3n) is 2.74. The van der Waals surface area contributed by atoms with Crippen LogP contribution in [0.15, 0.2) is 12.1 Å². The van der Waals surface area contributed by atoms with Crippen LogP contribution in [0, 0.1) is 5.82 Å². The van der Waals surface area contributed by atoms with Crippen LogP contribution in [0.1, 0.15) is 30.6 Å². The molecule has 0 fully saturated rings. The normalized spacial score (nSPS) is 25.1. The molecule has 1 aromatic carbocycles. The van der Waals surface area contributed by atoms with Gasteiger partial charge in [0.15, 0.2) is 0 Å². The van der Waals surface area contributed by atoms with Gasteiger partial charge in [-0.2, -0.15) is 11.8 Å². The van der Waals surface area contributed by atoms with Crippen LogP contribution in [0.2, 0.25) is 5.02 Å². The van der Waals surface area contributed by atoms with E-state index in [9.17, 15) is 9.50 Å². The van der Waals surface area contributed by atoms with Gasteiger partial charge >= 0.3 is 0 Å². The van der Waals surface area contributed by atoms with Gasteiger partial charge in [0.1, 0.15) is 5.82 Å². The Labute approximate surface area is 97.6 Å². The minimum absolute atomic E-state index is 0.122. The van der Waals surface area contributed by atoms with E-state index in [1.165, 1.54) is 12.1 Å². The average molecular weight is 247 g/mol. The quantitative estimate of drug-likeness (QED) is 0.818. The lowest BCUT2D eigenvalue weighted by atomic mass is 9.98. The highest BCUT2D eigenvalue weighted by Crippen LogP contribution is 2.42. The zero-order chi connectivity index (χ0) is 11.0.